The van der Waals surface area contributed by atoms with Crippen LogP contribution in [0.15, 0.2) is 23.1 Å². The van der Waals surface area contributed by atoms with Crippen LogP contribution in [0.3, 0.4) is 0 Å². The topological polar surface area (TPSA) is 94.9 Å². The molecule has 0 amide bonds. The largest absolute Gasteiger partial charge is 0.479 e. The molecule has 0 spiro atoms. The van der Waals surface area contributed by atoms with Crippen molar-refractivity contribution in [2.45, 2.75) is 30.3 Å². The highest BCUT2D eigenvalue weighted by Gasteiger charge is 2.42. The van der Waals surface area contributed by atoms with E-state index in [-0.39, 0.29) is 36.4 Å². The van der Waals surface area contributed by atoms with Crippen molar-refractivity contribution in [1.29, 1.82) is 0 Å². The number of hydrogen-bond acceptors (Lipinski definition) is 4. The lowest BCUT2D eigenvalue weighted by Gasteiger charge is -2.34. The van der Waals surface area contributed by atoms with Crippen molar-refractivity contribution in [3.05, 3.63) is 29.6 Å². The molecule has 0 radical (unpaired) electrons. The van der Waals surface area contributed by atoms with Crippen molar-refractivity contribution in [2.75, 3.05) is 13.1 Å². The van der Waals surface area contributed by atoms with Gasteiger partial charge >= 0.3 is 5.97 Å². The van der Waals surface area contributed by atoms with Crippen LogP contribution in [0.25, 0.3) is 0 Å². The molecule has 1 aromatic rings. The Kier molecular flexibility index (Phi) is 4.05. The lowest BCUT2D eigenvalue weighted by Crippen LogP contribution is -2.50. The van der Waals surface area contributed by atoms with Gasteiger partial charge in [0, 0.05) is 25.9 Å². The van der Waals surface area contributed by atoms with E-state index in [9.17, 15) is 22.7 Å². The van der Waals surface area contributed by atoms with Gasteiger partial charge in [-0.15, -0.1) is 0 Å². The molecule has 1 saturated heterocycles. The summed E-state index contributed by atoms with van der Waals surface area (Å²) < 4.78 is 39.1. The number of aliphatic hydroxyl groups is 1. The summed E-state index contributed by atoms with van der Waals surface area (Å²) in [6.07, 6.45) is -0.358. The summed E-state index contributed by atoms with van der Waals surface area (Å²) in [6.45, 7) is 1.30. The molecule has 0 aliphatic carbocycles. The van der Waals surface area contributed by atoms with E-state index >= 15 is 0 Å². The fourth-order valence-electron chi connectivity index (χ4n) is 2.35. The first-order valence-electron chi connectivity index (χ1n) is 6.39. The zero-order valence-electron chi connectivity index (χ0n) is 11.4. The van der Waals surface area contributed by atoms with E-state index in [4.69, 9.17) is 5.11 Å². The molecule has 6 nitrogen and oxygen atoms in total. The van der Waals surface area contributed by atoms with Crippen LogP contribution < -0.4 is 0 Å². The maximum atomic E-state index is 13.1. The van der Waals surface area contributed by atoms with E-state index in [0.717, 1.165) is 16.4 Å². The van der Waals surface area contributed by atoms with E-state index in [1.807, 2.05) is 0 Å². The summed E-state index contributed by atoms with van der Waals surface area (Å²) in [4.78, 5) is 10.9. The predicted molar refractivity (Wildman–Crippen MR) is 71.7 cm³/mol. The molecule has 1 aromatic carbocycles. The molecule has 1 heterocycles. The normalized spacial score (nSPS) is 19.4. The van der Waals surface area contributed by atoms with Crippen LogP contribution in [0.2, 0.25) is 0 Å². The summed E-state index contributed by atoms with van der Waals surface area (Å²) in [5.41, 5.74) is -1.60. The number of aliphatic carboxylic acids is 1. The summed E-state index contributed by atoms with van der Waals surface area (Å²) in [5, 5.41) is 18.7. The highest BCUT2D eigenvalue weighted by Crippen LogP contribution is 2.28. The van der Waals surface area contributed by atoms with Crippen molar-refractivity contribution in [3.63, 3.8) is 0 Å². The molecule has 21 heavy (non-hydrogen) atoms. The van der Waals surface area contributed by atoms with E-state index in [1.165, 1.54) is 13.0 Å². The van der Waals surface area contributed by atoms with E-state index in [2.05, 4.69) is 0 Å². The zero-order chi connectivity index (χ0) is 15.8. The third-order valence-corrected chi connectivity index (χ3v) is 5.76. The minimum absolute atomic E-state index is 0.00957. The first-order valence-corrected chi connectivity index (χ1v) is 7.83. The Bertz CT molecular complexity index is 665. The smallest absolute Gasteiger partial charge is 0.335 e. The van der Waals surface area contributed by atoms with Gasteiger partial charge in [-0.1, -0.05) is 0 Å². The molecule has 116 valence electrons. The third-order valence-electron chi connectivity index (χ3n) is 3.70. The van der Waals surface area contributed by atoms with Crippen LogP contribution in [-0.4, -0.2) is 47.6 Å². The van der Waals surface area contributed by atoms with E-state index in [1.54, 1.807) is 0 Å². The van der Waals surface area contributed by atoms with Gasteiger partial charge in [-0.05, 0) is 30.7 Å². The van der Waals surface area contributed by atoms with Crippen LogP contribution in [0, 0.1) is 12.7 Å². The lowest BCUT2D eigenvalue weighted by molar-refractivity contribution is -0.162. The van der Waals surface area contributed by atoms with Crippen molar-refractivity contribution < 1.29 is 27.8 Å². The minimum Gasteiger partial charge on any atom is -0.479 e. The van der Waals surface area contributed by atoms with Crippen LogP contribution in [0.5, 0.6) is 0 Å². The molecule has 0 atom stereocenters. The quantitative estimate of drug-likeness (QED) is 0.857. The molecular formula is C13H16FNO5S. The van der Waals surface area contributed by atoms with Gasteiger partial charge in [0.25, 0.3) is 0 Å². The standard InChI is InChI=1S/C13H16FNO5S/c1-9-8-10(14)2-3-11(9)21(19,20)15-6-4-13(18,5-7-15)12(16)17/h2-3,8,18H,4-7H2,1H3,(H,16,17). The Morgan fingerprint density at radius 1 is 1.33 bits per heavy atom. The Morgan fingerprint density at radius 2 is 1.90 bits per heavy atom. The number of rotatable bonds is 3. The van der Waals surface area contributed by atoms with Gasteiger partial charge in [0.1, 0.15) is 5.82 Å². The van der Waals surface area contributed by atoms with Gasteiger partial charge in [-0.25, -0.2) is 17.6 Å². The van der Waals surface area contributed by atoms with E-state index < -0.39 is 27.4 Å². The second-order valence-corrected chi connectivity index (χ2v) is 7.06. The number of aryl methyl sites for hydroxylation is 1. The van der Waals surface area contributed by atoms with Crippen molar-refractivity contribution in [2.24, 2.45) is 0 Å². The van der Waals surface area contributed by atoms with E-state index in [0.29, 0.717) is 0 Å². The molecule has 1 aliphatic heterocycles. The Labute approximate surface area is 121 Å². The van der Waals surface area contributed by atoms with Gasteiger partial charge < -0.3 is 10.2 Å². The summed E-state index contributed by atoms with van der Waals surface area (Å²) in [7, 11) is -3.82. The molecule has 0 saturated carbocycles. The number of carboxylic acid groups (broad SMARTS) is 1. The van der Waals surface area contributed by atoms with Crippen molar-refractivity contribution in [3.8, 4) is 0 Å². The first kappa shape index (κ1) is 15.9. The molecule has 2 N–H and O–H groups in total. The second-order valence-electron chi connectivity index (χ2n) is 5.15. The number of halogens is 1. The van der Waals surface area contributed by atoms with Crippen LogP contribution in [-0.2, 0) is 14.8 Å². The number of piperidine rings is 1. The Balaban J connectivity index is 2.25. The van der Waals surface area contributed by atoms with Crippen LogP contribution in [0.1, 0.15) is 18.4 Å². The highest BCUT2D eigenvalue weighted by atomic mass is 32.2. The minimum atomic E-state index is -3.82. The molecule has 1 fully saturated rings. The number of carboxylic acids is 1. The third kappa shape index (κ3) is 2.92. The number of carbonyl (C=O) groups is 1. The van der Waals surface area contributed by atoms with Gasteiger partial charge in [0.15, 0.2) is 5.60 Å². The molecule has 8 heteroatoms. The molecule has 0 unspecified atom stereocenters. The fourth-order valence-corrected chi connectivity index (χ4v) is 4.00. The maximum Gasteiger partial charge on any atom is 0.335 e. The molecular weight excluding hydrogens is 301 g/mol. The monoisotopic (exact) mass is 317 g/mol. The Hall–Kier alpha value is -1.51. The summed E-state index contributed by atoms with van der Waals surface area (Å²) >= 11 is 0. The average molecular weight is 317 g/mol. The fraction of sp³-hybridized carbons (Fsp3) is 0.462. The van der Waals surface area contributed by atoms with Crippen molar-refractivity contribution >= 4 is 16.0 Å². The summed E-state index contributed by atoms with van der Waals surface area (Å²) in [5.74, 6) is -1.87. The highest BCUT2D eigenvalue weighted by molar-refractivity contribution is 7.89. The average Bonchev–Trinajstić information content (AvgIpc) is 2.38. The van der Waals surface area contributed by atoms with Crippen molar-refractivity contribution in [1.82, 2.24) is 4.31 Å². The van der Waals surface area contributed by atoms with Gasteiger partial charge in [-0.2, -0.15) is 4.31 Å². The lowest BCUT2D eigenvalue weighted by atomic mass is 9.93. The molecule has 2 rings (SSSR count). The number of nitrogens with zero attached hydrogens (tertiary/aromatic N) is 1. The second kappa shape index (κ2) is 5.36. The van der Waals surface area contributed by atoms with Gasteiger partial charge in [0.05, 0.1) is 4.90 Å². The maximum absolute atomic E-state index is 13.1. The number of sulfonamides is 1. The molecule has 0 bridgehead atoms. The van der Waals surface area contributed by atoms with Gasteiger partial charge in [-0.3, -0.25) is 0 Å². The van der Waals surface area contributed by atoms with Crippen LogP contribution >= 0.6 is 0 Å². The summed E-state index contributed by atoms with van der Waals surface area (Å²) in [6, 6.07) is 3.39. The number of benzene rings is 1. The van der Waals surface area contributed by atoms with Crippen LogP contribution in [0.4, 0.5) is 4.39 Å². The Morgan fingerprint density at radius 3 is 2.38 bits per heavy atom. The van der Waals surface area contributed by atoms with Gasteiger partial charge in [0.2, 0.25) is 10.0 Å². The predicted octanol–water partition coefficient (Wildman–Crippen LogP) is 0.734. The zero-order valence-corrected chi connectivity index (χ0v) is 12.2. The SMILES string of the molecule is Cc1cc(F)ccc1S(=O)(=O)N1CCC(O)(C(=O)O)CC1. The molecule has 1 aliphatic rings. The molecule has 0 aromatic heterocycles. The number of hydrogen-bond donors (Lipinski definition) is 2. The first-order chi connectivity index (χ1) is 9.67.